The largest absolute Gasteiger partial charge is 0.497 e. The Labute approximate surface area is 179 Å². The van der Waals surface area contributed by atoms with Crippen molar-refractivity contribution in [2.75, 3.05) is 31.0 Å². The second-order valence-electron chi connectivity index (χ2n) is 6.93. The molecule has 1 aliphatic rings. The standard InChI is InChI=1S/C22H26BrNO3S/c1-22(21(25)24(2)18-9-5-6-10-20(18)28-22)17-15-16(26-3)11-12-19(17)27-14-8-4-7-13-23/h5-6,9-12,15H,4,7-8,13-14H2,1-3H3. The summed E-state index contributed by atoms with van der Waals surface area (Å²) in [5, 5.41) is 1.01. The van der Waals surface area contributed by atoms with Crippen LogP contribution in [0.15, 0.2) is 47.4 Å². The van der Waals surface area contributed by atoms with E-state index >= 15 is 0 Å². The number of halogens is 1. The highest BCUT2D eigenvalue weighted by molar-refractivity contribution is 9.09. The molecule has 4 nitrogen and oxygen atoms in total. The summed E-state index contributed by atoms with van der Waals surface area (Å²) in [6.45, 7) is 2.60. The highest BCUT2D eigenvalue weighted by Gasteiger charge is 2.45. The number of hydrogen-bond acceptors (Lipinski definition) is 4. The number of alkyl halides is 1. The van der Waals surface area contributed by atoms with Crippen molar-refractivity contribution >= 4 is 39.3 Å². The Bertz CT molecular complexity index is 844. The monoisotopic (exact) mass is 463 g/mol. The average molecular weight is 464 g/mol. The molecule has 0 aliphatic carbocycles. The summed E-state index contributed by atoms with van der Waals surface area (Å²) in [4.78, 5) is 16.2. The smallest absolute Gasteiger partial charge is 0.247 e. The molecule has 0 N–H and O–H groups in total. The summed E-state index contributed by atoms with van der Waals surface area (Å²) >= 11 is 5.03. The van der Waals surface area contributed by atoms with E-state index in [0.29, 0.717) is 6.61 Å². The van der Waals surface area contributed by atoms with Gasteiger partial charge in [0.15, 0.2) is 0 Å². The fourth-order valence-electron chi connectivity index (χ4n) is 3.37. The molecule has 2 aromatic rings. The number of nitrogens with zero attached hydrogens (tertiary/aromatic N) is 1. The third-order valence-corrected chi connectivity index (χ3v) is 6.92. The molecule has 0 fully saturated rings. The minimum Gasteiger partial charge on any atom is -0.497 e. The molecule has 0 bridgehead atoms. The van der Waals surface area contributed by atoms with Gasteiger partial charge in [0.2, 0.25) is 5.91 Å². The Morgan fingerprint density at radius 1 is 1.14 bits per heavy atom. The first-order valence-corrected chi connectivity index (χ1v) is 11.4. The van der Waals surface area contributed by atoms with E-state index < -0.39 is 4.75 Å². The SMILES string of the molecule is COc1ccc(OCCCCCBr)c(C2(C)Sc3ccccc3N(C)C2=O)c1. The van der Waals surface area contributed by atoms with Crippen LogP contribution in [-0.2, 0) is 9.54 Å². The molecular weight excluding hydrogens is 438 g/mol. The van der Waals surface area contributed by atoms with Gasteiger partial charge in [-0.25, -0.2) is 0 Å². The van der Waals surface area contributed by atoms with Crippen LogP contribution in [-0.4, -0.2) is 32.0 Å². The van der Waals surface area contributed by atoms with Gasteiger partial charge < -0.3 is 14.4 Å². The van der Waals surface area contributed by atoms with Crippen LogP contribution in [0.25, 0.3) is 0 Å². The number of methoxy groups -OCH3 is 1. The van der Waals surface area contributed by atoms with Crippen molar-refractivity contribution in [1.29, 1.82) is 0 Å². The average Bonchev–Trinajstić information content (AvgIpc) is 2.72. The van der Waals surface area contributed by atoms with Gasteiger partial charge in [0.05, 0.1) is 19.4 Å². The molecule has 1 amide bonds. The third kappa shape index (κ3) is 4.18. The van der Waals surface area contributed by atoms with Crippen LogP contribution >= 0.6 is 27.7 Å². The Kier molecular flexibility index (Phi) is 6.94. The van der Waals surface area contributed by atoms with Crippen LogP contribution < -0.4 is 14.4 Å². The van der Waals surface area contributed by atoms with E-state index in [0.717, 1.165) is 52.2 Å². The van der Waals surface area contributed by atoms with E-state index in [1.165, 1.54) is 0 Å². The fraction of sp³-hybridized carbons (Fsp3) is 0.409. The maximum atomic E-state index is 13.4. The maximum Gasteiger partial charge on any atom is 0.247 e. The molecule has 1 heterocycles. The topological polar surface area (TPSA) is 38.8 Å². The third-order valence-electron chi connectivity index (χ3n) is 4.99. The lowest BCUT2D eigenvalue weighted by Gasteiger charge is -2.39. The second-order valence-corrected chi connectivity index (χ2v) is 9.18. The van der Waals surface area contributed by atoms with Crippen LogP contribution in [0.5, 0.6) is 11.5 Å². The summed E-state index contributed by atoms with van der Waals surface area (Å²) in [6, 6.07) is 13.7. The normalized spacial score (nSPS) is 18.7. The van der Waals surface area contributed by atoms with Gasteiger partial charge >= 0.3 is 0 Å². The van der Waals surface area contributed by atoms with Crippen molar-refractivity contribution in [3.63, 3.8) is 0 Å². The highest BCUT2D eigenvalue weighted by Crippen LogP contribution is 2.52. The molecule has 1 aliphatic heterocycles. The number of carbonyl (C=O) groups excluding carboxylic acids is 1. The number of ether oxygens (including phenoxy) is 2. The first-order valence-electron chi connectivity index (χ1n) is 9.44. The summed E-state index contributed by atoms with van der Waals surface area (Å²) in [7, 11) is 3.47. The van der Waals surface area contributed by atoms with E-state index in [-0.39, 0.29) is 5.91 Å². The molecule has 0 radical (unpaired) electrons. The number of likely N-dealkylation sites (N-methyl/N-ethyl adjacent to an activating group) is 1. The van der Waals surface area contributed by atoms with E-state index in [9.17, 15) is 4.79 Å². The predicted octanol–water partition coefficient (Wildman–Crippen LogP) is 5.62. The Balaban J connectivity index is 1.95. The van der Waals surface area contributed by atoms with Gasteiger partial charge in [0.1, 0.15) is 16.2 Å². The molecule has 0 saturated heterocycles. The van der Waals surface area contributed by atoms with Gasteiger partial charge in [0, 0.05) is 22.8 Å². The number of thioether (sulfide) groups is 1. The summed E-state index contributed by atoms with van der Waals surface area (Å²) < 4.78 is 10.8. The van der Waals surface area contributed by atoms with E-state index in [1.54, 1.807) is 23.8 Å². The minimum absolute atomic E-state index is 0.0357. The lowest BCUT2D eigenvalue weighted by molar-refractivity contribution is -0.120. The number of anilines is 1. The lowest BCUT2D eigenvalue weighted by Crippen LogP contribution is -2.44. The zero-order chi connectivity index (χ0) is 20.1. The van der Waals surface area contributed by atoms with Crippen molar-refractivity contribution in [2.24, 2.45) is 0 Å². The van der Waals surface area contributed by atoms with Crippen molar-refractivity contribution < 1.29 is 14.3 Å². The number of hydrogen-bond donors (Lipinski definition) is 0. The zero-order valence-electron chi connectivity index (χ0n) is 16.5. The predicted molar refractivity (Wildman–Crippen MR) is 119 cm³/mol. The number of fused-ring (bicyclic) bond motifs is 1. The molecule has 0 aromatic heterocycles. The Morgan fingerprint density at radius 3 is 2.68 bits per heavy atom. The molecule has 28 heavy (non-hydrogen) atoms. The van der Waals surface area contributed by atoms with Crippen molar-refractivity contribution in [3.8, 4) is 11.5 Å². The van der Waals surface area contributed by atoms with Crippen LogP contribution in [0.2, 0.25) is 0 Å². The first kappa shape index (κ1) is 21.1. The molecule has 0 saturated carbocycles. The molecule has 6 heteroatoms. The van der Waals surface area contributed by atoms with Crippen LogP contribution in [0, 0.1) is 0 Å². The number of unbranched alkanes of at least 4 members (excludes halogenated alkanes) is 2. The van der Waals surface area contributed by atoms with Gasteiger partial charge in [0.25, 0.3) is 0 Å². The van der Waals surface area contributed by atoms with Crippen LogP contribution in [0.4, 0.5) is 5.69 Å². The van der Waals surface area contributed by atoms with Gasteiger partial charge in [-0.05, 0) is 56.5 Å². The highest BCUT2D eigenvalue weighted by atomic mass is 79.9. The molecule has 150 valence electrons. The van der Waals surface area contributed by atoms with Crippen molar-refractivity contribution in [3.05, 3.63) is 48.0 Å². The Morgan fingerprint density at radius 2 is 1.93 bits per heavy atom. The molecule has 1 unspecified atom stereocenters. The van der Waals surface area contributed by atoms with Crippen LogP contribution in [0.3, 0.4) is 0 Å². The number of para-hydroxylation sites is 1. The van der Waals surface area contributed by atoms with Crippen molar-refractivity contribution in [2.45, 2.75) is 35.8 Å². The van der Waals surface area contributed by atoms with Gasteiger partial charge in [-0.2, -0.15) is 0 Å². The second kappa shape index (κ2) is 9.23. The Hall–Kier alpha value is -1.66. The van der Waals surface area contributed by atoms with E-state index in [2.05, 4.69) is 22.0 Å². The number of amides is 1. The number of carbonyl (C=O) groups is 1. The van der Waals surface area contributed by atoms with Gasteiger partial charge in [-0.3, -0.25) is 4.79 Å². The minimum atomic E-state index is -0.789. The number of rotatable bonds is 8. The first-order chi connectivity index (χ1) is 13.5. The molecular formula is C22H26BrNO3S. The molecule has 3 rings (SSSR count). The summed E-state index contributed by atoms with van der Waals surface area (Å²) in [5.74, 6) is 1.50. The number of benzene rings is 2. The van der Waals surface area contributed by atoms with Crippen molar-refractivity contribution in [1.82, 2.24) is 0 Å². The van der Waals surface area contributed by atoms with Gasteiger partial charge in [-0.1, -0.05) is 28.1 Å². The van der Waals surface area contributed by atoms with E-state index in [4.69, 9.17) is 9.47 Å². The summed E-state index contributed by atoms with van der Waals surface area (Å²) in [5.41, 5.74) is 1.79. The maximum absolute atomic E-state index is 13.4. The quantitative estimate of drug-likeness (QED) is 0.375. The molecule has 1 atom stereocenters. The zero-order valence-corrected chi connectivity index (χ0v) is 18.9. The van der Waals surface area contributed by atoms with Gasteiger partial charge in [-0.15, -0.1) is 11.8 Å². The summed E-state index contributed by atoms with van der Waals surface area (Å²) in [6.07, 6.45) is 3.22. The van der Waals surface area contributed by atoms with E-state index in [1.807, 2.05) is 50.4 Å². The fourth-order valence-corrected chi connectivity index (χ4v) is 5.16. The lowest BCUT2D eigenvalue weighted by atomic mass is 9.96. The molecule has 0 spiro atoms. The van der Waals surface area contributed by atoms with Crippen LogP contribution in [0.1, 0.15) is 31.7 Å². The molecule has 2 aromatic carbocycles.